The van der Waals surface area contributed by atoms with Gasteiger partial charge in [-0.15, -0.1) is 0 Å². The first-order valence-corrected chi connectivity index (χ1v) is 15.7. The first kappa shape index (κ1) is 29.5. The Hall–Kier alpha value is -1.52. The van der Waals surface area contributed by atoms with Gasteiger partial charge in [0.2, 0.25) is 0 Å². The van der Waals surface area contributed by atoms with E-state index in [0.717, 1.165) is 63.4 Å². The van der Waals surface area contributed by atoms with Gasteiger partial charge in [0.05, 0.1) is 17.8 Å². The van der Waals surface area contributed by atoms with Gasteiger partial charge in [-0.3, -0.25) is 4.79 Å². The lowest BCUT2D eigenvalue weighted by atomic mass is 9.43. The van der Waals surface area contributed by atoms with Gasteiger partial charge in [0.15, 0.2) is 12.4 Å². The van der Waals surface area contributed by atoms with Crippen molar-refractivity contribution in [2.45, 2.75) is 128 Å². The van der Waals surface area contributed by atoms with Crippen LogP contribution in [0.4, 0.5) is 0 Å². The zero-order chi connectivity index (χ0) is 29.3. The minimum atomic E-state index is -0.926. The average Bonchev–Trinajstić information content (AvgIpc) is 3.46. The molecule has 0 unspecified atom stereocenters. The van der Waals surface area contributed by atoms with Crippen molar-refractivity contribution in [2.75, 3.05) is 13.7 Å². The maximum Gasteiger partial charge on any atom is 0.331 e. The normalized spacial score (nSPS) is 51.2. The molecule has 2 aliphatic heterocycles. The Morgan fingerprint density at radius 3 is 2.51 bits per heavy atom. The lowest BCUT2D eigenvalue weighted by Gasteiger charge is -2.64. The van der Waals surface area contributed by atoms with Crippen LogP contribution in [-0.4, -0.2) is 78.3 Å². The highest BCUT2D eigenvalue weighted by atomic mass is 16.7. The molecule has 230 valence electrons. The van der Waals surface area contributed by atoms with Gasteiger partial charge in [0, 0.05) is 25.5 Å². The van der Waals surface area contributed by atoms with E-state index < -0.39 is 42.3 Å². The highest BCUT2D eigenvalue weighted by Gasteiger charge is 2.67. The fraction of sp³-hybridized carbons (Fsp3) is 0.875. The number of cyclic esters (lactones) is 1. The van der Waals surface area contributed by atoms with Crippen LogP contribution in [0.3, 0.4) is 0 Å². The predicted octanol–water partition coefficient (Wildman–Crippen LogP) is 3.68. The van der Waals surface area contributed by atoms with E-state index in [4.69, 9.17) is 23.7 Å². The number of esters is 2. The fourth-order valence-electron chi connectivity index (χ4n) is 10.4. The quantitative estimate of drug-likeness (QED) is 0.373. The van der Waals surface area contributed by atoms with Crippen molar-refractivity contribution in [3.63, 3.8) is 0 Å². The molecule has 41 heavy (non-hydrogen) atoms. The summed E-state index contributed by atoms with van der Waals surface area (Å²) in [7, 11) is 1.50. The molecule has 0 aromatic rings. The molecule has 6 aliphatic rings. The van der Waals surface area contributed by atoms with E-state index >= 15 is 0 Å². The molecule has 6 rings (SSSR count). The van der Waals surface area contributed by atoms with Crippen molar-refractivity contribution < 1.29 is 43.5 Å². The van der Waals surface area contributed by atoms with Crippen molar-refractivity contribution in [2.24, 2.45) is 34.5 Å². The van der Waals surface area contributed by atoms with Crippen molar-refractivity contribution in [3.05, 3.63) is 11.6 Å². The van der Waals surface area contributed by atoms with Crippen LogP contribution in [-0.2, 0) is 33.3 Å². The van der Waals surface area contributed by atoms with Crippen LogP contribution >= 0.6 is 0 Å². The number of aliphatic hydroxyl groups is 2. The van der Waals surface area contributed by atoms with Gasteiger partial charge in [-0.2, -0.15) is 0 Å². The monoisotopic (exact) mass is 576 g/mol. The summed E-state index contributed by atoms with van der Waals surface area (Å²) in [5.41, 5.74) is 0.221. The molecule has 5 fully saturated rings. The second-order valence-corrected chi connectivity index (χ2v) is 14.3. The molecule has 1 saturated heterocycles. The van der Waals surface area contributed by atoms with Gasteiger partial charge in [0.1, 0.15) is 18.8 Å². The summed E-state index contributed by atoms with van der Waals surface area (Å²) in [4.78, 5) is 23.7. The number of carbonyl (C=O) groups excluding carboxylic acids is 2. The Labute approximate surface area is 243 Å². The number of ether oxygens (including phenoxy) is 5. The number of hydrogen-bond acceptors (Lipinski definition) is 9. The Balaban J connectivity index is 1.16. The topological polar surface area (TPSA) is 121 Å². The Morgan fingerprint density at radius 2 is 1.83 bits per heavy atom. The van der Waals surface area contributed by atoms with Crippen LogP contribution in [0.25, 0.3) is 0 Å². The number of aliphatic hydroxyl groups excluding tert-OH is 1. The lowest BCUT2D eigenvalue weighted by Crippen LogP contribution is -2.63. The summed E-state index contributed by atoms with van der Waals surface area (Å²) in [6, 6.07) is 0. The third kappa shape index (κ3) is 4.60. The Bertz CT molecular complexity index is 1080. The van der Waals surface area contributed by atoms with Crippen LogP contribution in [0.15, 0.2) is 11.6 Å². The van der Waals surface area contributed by atoms with Crippen LogP contribution in [0.5, 0.6) is 0 Å². The van der Waals surface area contributed by atoms with Gasteiger partial charge in [-0.1, -0.05) is 13.8 Å². The summed E-state index contributed by atoms with van der Waals surface area (Å²) in [5.74, 6) is 0.650. The number of rotatable bonds is 5. The molecule has 2 N–H and O–H groups in total. The Morgan fingerprint density at radius 1 is 1.05 bits per heavy atom. The second kappa shape index (κ2) is 10.6. The molecule has 2 heterocycles. The lowest BCUT2D eigenvalue weighted by molar-refractivity contribution is -0.315. The zero-order valence-electron chi connectivity index (χ0n) is 25.2. The molecule has 9 nitrogen and oxygen atoms in total. The molecule has 0 aromatic heterocycles. The number of fused-ring (bicyclic) bond motifs is 5. The van der Waals surface area contributed by atoms with E-state index in [1.807, 2.05) is 0 Å². The summed E-state index contributed by atoms with van der Waals surface area (Å²) in [6.07, 6.45) is 6.35. The molecule has 4 saturated carbocycles. The van der Waals surface area contributed by atoms with E-state index in [-0.39, 0.29) is 34.7 Å². The SMILES string of the molecule is CO[C@@H]1[C@@H](O)[C@H](C)O[C@@H](O[C@H]2CC[C@@]3(C)[C@H](CC[C@@H]4[C@@H]3CC[C@]3(C)[C@@H](C5=CC(=O)OC5)CC[C@]43O)C2)[C@H]1OC(C)=O. The maximum atomic E-state index is 12.5. The van der Waals surface area contributed by atoms with Crippen LogP contribution in [0.1, 0.15) is 85.5 Å². The molecule has 0 bridgehead atoms. The van der Waals surface area contributed by atoms with E-state index in [9.17, 15) is 19.8 Å². The molecular formula is C32H48O9. The van der Waals surface area contributed by atoms with Crippen molar-refractivity contribution >= 4 is 11.9 Å². The molecule has 0 aromatic carbocycles. The molecule has 0 radical (unpaired) electrons. The first-order chi connectivity index (χ1) is 19.4. The van der Waals surface area contributed by atoms with Crippen molar-refractivity contribution in [1.29, 1.82) is 0 Å². The first-order valence-electron chi connectivity index (χ1n) is 15.7. The minimum Gasteiger partial charge on any atom is -0.458 e. The second-order valence-electron chi connectivity index (χ2n) is 14.3. The van der Waals surface area contributed by atoms with Gasteiger partial charge >= 0.3 is 11.9 Å². The van der Waals surface area contributed by atoms with Crippen LogP contribution in [0, 0.1) is 34.5 Å². The summed E-state index contributed by atoms with van der Waals surface area (Å²) < 4.78 is 28.9. The third-order valence-corrected chi connectivity index (χ3v) is 12.6. The smallest absolute Gasteiger partial charge is 0.331 e. The maximum absolute atomic E-state index is 12.5. The zero-order valence-corrected chi connectivity index (χ0v) is 25.2. The number of methoxy groups -OCH3 is 1. The highest BCUT2D eigenvalue weighted by molar-refractivity contribution is 5.85. The van der Waals surface area contributed by atoms with E-state index in [0.29, 0.717) is 18.4 Å². The molecule has 9 heteroatoms. The van der Waals surface area contributed by atoms with Gasteiger partial charge in [-0.05, 0) is 99.4 Å². The molecule has 13 atom stereocenters. The van der Waals surface area contributed by atoms with Crippen molar-refractivity contribution in [3.8, 4) is 0 Å². The van der Waals surface area contributed by atoms with Gasteiger partial charge in [0.25, 0.3) is 0 Å². The summed E-state index contributed by atoms with van der Waals surface area (Å²) in [5, 5.41) is 23.1. The predicted molar refractivity (Wildman–Crippen MR) is 147 cm³/mol. The molecule has 4 aliphatic carbocycles. The van der Waals surface area contributed by atoms with Crippen LogP contribution in [0.2, 0.25) is 0 Å². The van der Waals surface area contributed by atoms with E-state index in [2.05, 4.69) is 13.8 Å². The number of hydrogen-bond donors (Lipinski definition) is 2. The van der Waals surface area contributed by atoms with Crippen molar-refractivity contribution in [1.82, 2.24) is 0 Å². The summed E-state index contributed by atoms with van der Waals surface area (Å²) in [6.45, 7) is 8.19. The highest BCUT2D eigenvalue weighted by Crippen LogP contribution is 2.70. The molecule has 0 spiro atoms. The molecule has 0 amide bonds. The average molecular weight is 577 g/mol. The van der Waals surface area contributed by atoms with Gasteiger partial charge < -0.3 is 33.9 Å². The van der Waals surface area contributed by atoms with E-state index in [1.165, 1.54) is 14.0 Å². The fourth-order valence-corrected chi connectivity index (χ4v) is 10.4. The standard InChI is InChI=1S/C32H48O9/c1-17-26(35)27(37-5)28(40-18(2)33)29(39-17)41-21-8-11-30(3)20(15-21)6-7-24-23(30)9-12-31(4)22(10-13-32(24,31)36)19-14-25(34)38-16-19/h14,17,20-24,26-29,35-36H,6-13,15-16H2,1-5H3/t17-,20+,21-,22+,23-,24+,26-,27+,28-,29-,30-,31+,32-/m0/s1. The van der Waals surface area contributed by atoms with Crippen LogP contribution < -0.4 is 0 Å². The van der Waals surface area contributed by atoms with Gasteiger partial charge in [-0.25, -0.2) is 4.79 Å². The third-order valence-electron chi connectivity index (χ3n) is 12.6. The minimum absolute atomic E-state index is 0.0488. The number of carbonyl (C=O) groups is 2. The van der Waals surface area contributed by atoms with E-state index in [1.54, 1.807) is 13.0 Å². The Kier molecular flexibility index (Phi) is 7.62. The largest absolute Gasteiger partial charge is 0.458 e. The summed E-state index contributed by atoms with van der Waals surface area (Å²) >= 11 is 0. The molecular weight excluding hydrogens is 528 g/mol.